The van der Waals surface area contributed by atoms with Crippen LogP contribution in [-0.2, 0) is 16.0 Å². The molecule has 1 aliphatic rings. The molecule has 0 spiro atoms. The predicted octanol–water partition coefficient (Wildman–Crippen LogP) is 0.861. The highest BCUT2D eigenvalue weighted by molar-refractivity contribution is 5.73. The summed E-state index contributed by atoms with van der Waals surface area (Å²) in [4.78, 5) is 11.5. The quantitative estimate of drug-likeness (QED) is 0.855. The number of hydrazine groups is 1. The zero-order valence-electron chi connectivity index (χ0n) is 11.2. The summed E-state index contributed by atoms with van der Waals surface area (Å²) >= 11 is 0. The summed E-state index contributed by atoms with van der Waals surface area (Å²) in [6.45, 7) is 2.80. The van der Waals surface area contributed by atoms with E-state index in [2.05, 4.69) is 0 Å². The monoisotopic (exact) mass is 264 g/mol. The Balaban J connectivity index is 2.04. The third-order valence-electron chi connectivity index (χ3n) is 3.44. The summed E-state index contributed by atoms with van der Waals surface area (Å²) in [5.41, 5.74) is 1.04. The number of hydrogen-bond acceptors (Lipinski definition) is 4. The first kappa shape index (κ1) is 14.0. The first-order chi connectivity index (χ1) is 9.18. The molecule has 19 heavy (non-hydrogen) atoms. The number of morpholine rings is 1. The maximum Gasteiger partial charge on any atom is 0.322 e. The van der Waals surface area contributed by atoms with Crippen molar-refractivity contribution in [1.29, 1.82) is 0 Å². The summed E-state index contributed by atoms with van der Waals surface area (Å²) in [6.07, 6.45) is 0.504. The molecule has 1 saturated heterocycles. The lowest BCUT2D eigenvalue weighted by Crippen LogP contribution is -2.54. The van der Waals surface area contributed by atoms with Crippen LogP contribution in [0.3, 0.4) is 0 Å². The van der Waals surface area contributed by atoms with Crippen LogP contribution >= 0.6 is 0 Å². The van der Waals surface area contributed by atoms with Gasteiger partial charge in [0.05, 0.1) is 13.2 Å². The van der Waals surface area contributed by atoms with E-state index in [0.29, 0.717) is 19.6 Å². The first-order valence-electron chi connectivity index (χ1n) is 6.50. The number of carboxylic acids is 1. The molecule has 0 bridgehead atoms. The van der Waals surface area contributed by atoms with Crippen molar-refractivity contribution in [2.75, 3.05) is 33.4 Å². The number of nitrogens with zero attached hydrogens (tertiary/aromatic N) is 2. The Morgan fingerprint density at radius 1 is 1.37 bits per heavy atom. The van der Waals surface area contributed by atoms with E-state index in [4.69, 9.17) is 4.74 Å². The zero-order chi connectivity index (χ0) is 13.7. The number of benzene rings is 1. The van der Waals surface area contributed by atoms with Gasteiger partial charge in [0.15, 0.2) is 0 Å². The van der Waals surface area contributed by atoms with Crippen molar-refractivity contribution in [2.45, 2.75) is 12.5 Å². The van der Waals surface area contributed by atoms with E-state index in [-0.39, 0.29) is 0 Å². The number of rotatable bonds is 5. The lowest BCUT2D eigenvalue weighted by atomic mass is 10.1. The van der Waals surface area contributed by atoms with Crippen molar-refractivity contribution in [1.82, 2.24) is 10.0 Å². The summed E-state index contributed by atoms with van der Waals surface area (Å²) < 4.78 is 5.29. The molecular weight excluding hydrogens is 244 g/mol. The molecule has 1 aliphatic heterocycles. The number of hydrogen-bond donors (Lipinski definition) is 1. The van der Waals surface area contributed by atoms with Gasteiger partial charge in [-0.3, -0.25) is 4.79 Å². The molecule has 0 amide bonds. The molecule has 1 N–H and O–H groups in total. The van der Waals surface area contributed by atoms with Crippen LogP contribution < -0.4 is 0 Å². The Bertz CT molecular complexity index is 404. The maximum atomic E-state index is 11.5. The van der Waals surface area contributed by atoms with Crippen molar-refractivity contribution in [3.63, 3.8) is 0 Å². The van der Waals surface area contributed by atoms with Crippen molar-refractivity contribution < 1.29 is 14.6 Å². The second-order valence-electron chi connectivity index (χ2n) is 4.68. The minimum Gasteiger partial charge on any atom is -0.480 e. The molecule has 1 aromatic carbocycles. The highest BCUT2D eigenvalue weighted by Gasteiger charge is 2.28. The fraction of sp³-hybridized carbons (Fsp3) is 0.500. The average Bonchev–Trinajstić information content (AvgIpc) is 2.46. The Hall–Kier alpha value is -1.43. The predicted molar refractivity (Wildman–Crippen MR) is 71.7 cm³/mol. The Kier molecular flexibility index (Phi) is 4.90. The van der Waals surface area contributed by atoms with E-state index < -0.39 is 12.0 Å². The molecule has 5 heteroatoms. The van der Waals surface area contributed by atoms with E-state index in [1.54, 1.807) is 0 Å². The van der Waals surface area contributed by atoms with Gasteiger partial charge in [-0.1, -0.05) is 30.3 Å². The van der Waals surface area contributed by atoms with E-state index in [1.807, 2.05) is 47.4 Å². The lowest BCUT2D eigenvalue weighted by Gasteiger charge is -2.38. The minimum atomic E-state index is -0.794. The molecule has 0 aromatic heterocycles. The Labute approximate surface area is 113 Å². The number of ether oxygens (including phenoxy) is 1. The second kappa shape index (κ2) is 6.65. The molecule has 0 unspecified atom stereocenters. The standard InChI is InChI=1S/C14H20N2O3/c1-15(16-7-9-19-10-8-16)13(14(17)18)11-12-5-3-2-4-6-12/h2-6,13H,7-11H2,1H3,(H,17,18)/t13-/m0/s1. The molecule has 0 saturated carbocycles. The summed E-state index contributed by atoms with van der Waals surface area (Å²) in [7, 11) is 1.84. The summed E-state index contributed by atoms with van der Waals surface area (Å²) in [5, 5.41) is 13.3. The summed E-state index contributed by atoms with van der Waals surface area (Å²) in [6, 6.07) is 9.18. The van der Waals surface area contributed by atoms with Crippen molar-refractivity contribution in [3.8, 4) is 0 Å². The Morgan fingerprint density at radius 3 is 2.58 bits per heavy atom. The van der Waals surface area contributed by atoms with Crippen LogP contribution in [0.1, 0.15) is 5.56 Å². The third kappa shape index (κ3) is 3.76. The van der Waals surface area contributed by atoms with Gasteiger partial charge >= 0.3 is 5.97 Å². The van der Waals surface area contributed by atoms with Gasteiger partial charge in [-0.15, -0.1) is 0 Å². The van der Waals surface area contributed by atoms with Gasteiger partial charge in [0.25, 0.3) is 0 Å². The van der Waals surface area contributed by atoms with Crippen LogP contribution in [0.5, 0.6) is 0 Å². The minimum absolute atomic E-state index is 0.504. The summed E-state index contributed by atoms with van der Waals surface area (Å²) in [5.74, 6) is -0.794. The van der Waals surface area contributed by atoms with Gasteiger partial charge in [0, 0.05) is 20.1 Å². The van der Waals surface area contributed by atoms with Crippen LogP contribution in [0.2, 0.25) is 0 Å². The average molecular weight is 264 g/mol. The highest BCUT2D eigenvalue weighted by atomic mass is 16.5. The Morgan fingerprint density at radius 2 is 2.00 bits per heavy atom. The van der Waals surface area contributed by atoms with E-state index in [9.17, 15) is 9.90 Å². The smallest absolute Gasteiger partial charge is 0.322 e. The fourth-order valence-electron chi connectivity index (χ4n) is 2.28. The molecule has 1 heterocycles. The van der Waals surface area contributed by atoms with E-state index in [1.165, 1.54) is 0 Å². The van der Waals surface area contributed by atoms with Gasteiger partial charge in [0.2, 0.25) is 0 Å². The normalized spacial score (nSPS) is 18.4. The van der Waals surface area contributed by atoms with Gasteiger partial charge in [-0.25, -0.2) is 10.0 Å². The van der Waals surface area contributed by atoms with Gasteiger partial charge < -0.3 is 9.84 Å². The third-order valence-corrected chi connectivity index (χ3v) is 3.44. The van der Waals surface area contributed by atoms with E-state index >= 15 is 0 Å². The van der Waals surface area contributed by atoms with Crippen LogP contribution in [0, 0.1) is 0 Å². The molecular formula is C14H20N2O3. The van der Waals surface area contributed by atoms with Crippen LogP contribution in [0.25, 0.3) is 0 Å². The molecule has 0 aliphatic carbocycles. The van der Waals surface area contributed by atoms with Gasteiger partial charge in [-0.05, 0) is 12.0 Å². The molecule has 1 aromatic rings. The number of aliphatic carboxylic acids is 1. The molecule has 2 rings (SSSR count). The topological polar surface area (TPSA) is 53.0 Å². The molecule has 1 fully saturated rings. The largest absolute Gasteiger partial charge is 0.480 e. The SMILES string of the molecule is CN([C@@H](Cc1ccccc1)C(=O)O)N1CCOCC1. The lowest BCUT2D eigenvalue weighted by molar-refractivity contribution is -0.156. The fourth-order valence-corrected chi connectivity index (χ4v) is 2.28. The maximum absolute atomic E-state index is 11.5. The van der Waals surface area contributed by atoms with Crippen molar-refractivity contribution >= 4 is 5.97 Å². The van der Waals surface area contributed by atoms with E-state index in [0.717, 1.165) is 18.7 Å². The molecule has 0 radical (unpaired) electrons. The van der Waals surface area contributed by atoms with Crippen LogP contribution in [0.15, 0.2) is 30.3 Å². The number of carbonyl (C=O) groups is 1. The van der Waals surface area contributed by atoms with Gasteiger partial charge in [-0.2, -0.15) is 0 Å². The van der Waals surface area contributed by atoms with Crippen LogP contribution in [-0.4, -0.2) is 60.5 Å². The molecule has 104 valence electrons. The highest BCUT2D eigenvalue weighted by Crippen LogP contribution is 2.12. The van der Waals surface area contributed by atoms with Gasteiger partial charge in [0.1, 0.15) is 6.04 Å². The van der Waals surface area contributed by atoms with Crippen molar-refractivity contribution in [3.05, 3.63) is 35.9 Å². The number of carboxylic acid groups (broad SMARTS) is 1. The first-order valence-corrected chi connectivity index (χ1v) is 6.50. The second-order valence-corrected chi connectivity index (χ2v) is 4.68. The molecule has 1 atom stereocenters. The van der Waals surface area contributed by atoms with Crippen LogP contribution in [0.4, 0.5) is 0 Å². The molecule has 5 nitrogen and oxygen atoms in total. The number of likely N-dealkylation sites (N-methyl/N-ethyl adjacent to an activating group) is 1. The zero-order valence-corrected chi connectivity index (χ0v) is 11.2. The van der Waals surface area contributed by atoms with Crippen molar-refractivity contribution in [2.24, 2.45) is 0 Å².